The van der Waals surface area contributed by atoms with Crippen molar-refractivity contribution in [2.75, 3.05) is 39.7 Å². The first-order chi connectivity index (χ1) is 15.2. The smallest absolute Gasteiger partial charge is 0.246 e. The Bertz CT molecular complexity index is 1100. The van der Waals surface area contributed by atoms with E-state index in [0.717, 1.165) is 5.56 Å². The minimum Gasteiger partial charge on any atom is -0.495 e. The number of hydrogen-bond acceptors (Lipinski definition) is 6. The number of sulfonamides is 1. The molecule has 32 heavy (non-hydrogen) atoms. The van der Waals surface area contributed by atoms with Crippen molar-refractivity contribution < 1.29 is 27.4 Å². The summed E-state index contributed by atoms with van der Waals surface area (Å²) in [6.45, 7) is 2.30. The van der Waals surface area contributed by atoms with Gasteiger partial charge in [0.25, 0.3) is 0 Å². The Balaban J connectivity index is 1.71. The number of carbonyl (C=O) groups is 1. The molecule has 0 saturated carbocycles. The summed E-state index contributed by atoms with van der Waals surface area (Å²) >= 11 is 6.12. The number of carbonyl (C=O) groups excluding carboxylic acids is 1. The molecule has 10 heteroatoms. The summed E-state index contributed by atoms with van der Waals surface area (Å²) in [5.74, 6) is 0.579. The largest absolute Gasteiger partial charge is 0.495 e. The molecule has 0 aliphatic carbocycles. The number of rotatable bonds is 7. The average molecular weight is 483 g/mol. The lowest BCUT2D eigenvalue weighted by Gasteiger charge is -2.31. The lowest BCUT2D eigenvalue weighted by Crippen LogP contribution is -2.41. The van der Waals surface area contributed by atoms with Gasteiger partial charge in [-0.2, -0.15) is 4.31 Å². The summed E-state index contributed by atoms with van der Waals surface area (Å²) in [4.78, 5) is 13.0. The SMILES string of the molecule is COc1cc(NC(=O)C2CCN(S(=O)(=O)c3cc(C)ccc3OC)CC2)c(OC)cc1Cl. The second-order valence-electron chi connectivity index (χ2n) is 7.51. The summed E-state index contributed by atoms with van der Waals surface area (Å²) in [7, 11) is 0.678. The van der Waals surface area contributed by atoms with Gasteiger partial charge in [0, 0.05) is 31.1 Å². The maximum Gasteiger partial charge on any atom is 0.246 e. The highest BCUT2D eigenvalue weighted by Crippen LogP contribution is 2.37. The van der Waals surface area contributed by atoms with Crippen LogP contribution in [0.2, 0.25) is 5.02 Å². The Morgan fingerprint density at radius 1 is 1.00 bits per heavy atom. The van der Waals surface area contributed by atoms with E-state index in [-0.39, 0.29) is 29.8 Å². The van der Waals surface area contributed by atoms with Gasteiger partial charge in [0.2, 0.25) is 15.9 Å². The summed E-state index contributed by atoms with van der Waals surface area (Å²) < 4.78 is 43.5. The zero-order valence-corrected chi connectivity index (χ0v) is 20.0. The molecule has 0 aromatic heterocycles. The Morgan fingerprint density at radius 3 is 2.22 bits per heavy atom. The second kappa shape index (κ2) is 9.97. The van der Waals surface area contributed by atoms with E-state index in [9.17, 15) is 13.2 Å². The molecular formula is C22H27ClN2O6S. The van der Waals surface area contributed by atoms with E-state index < -0.39 is 10.0 Å². The Labute approximate surface area is 193 Å². The van der Waals surface area contributed by atoms with Gasteiger partial charge in [0.15, 0.2) is 0 Å². The number of amides is 1. The van der Waals surface area contributed by atoms with E-state index in [1.807, 2.05) is 6.92 Å². The van der Waals surface area contributed by atoms with Crippen LogP contribution < -0.4 is 19.5 Å². The average Bonchev–Trinajstić information content (AvgIpc) is 2.79. The molecule has 1 N–H and O–H groups in total. The Morgan fingerprint density at radius 2 is 1.62 bits per heavy atom. The molecule has 1 heterocycles. The van der Waals surface area contributed by atoms with Gasteiger partial charge in [-0.05, 0) is 37.5 Å². The number of aryl methyl sites for hydroxylation is 1. The first kappa shape index (κ1) is 24.2. The highest BCUT2D eigenvalue weighted by molar-refractivity contribution is 7.89. The standard InChI is InChI=1S/C22H27ClN2O6S/c1-14-5-6-18(29-2)21(11-14)32(27,28)25-9-7-15(8-10-25)22(26)24-17-13-19(30-3)16(23)12-20(17)31-4/h5-6,11-13,15H,7-10H2,1-4H3,(H,24,26). The summed E-state index contributed by atoms with van der Waals surface area (Å²) in [6, 6.07) is 8.22. The van der Waals surface area contributed by atoms with Crippen LogP contribution in [0.4, 0.5) is 5.69 Å². The molecule has 174 valence electrons. The third-order valence-corrected chi connectivity index (χ3v) is 7.71. The fourth-order valence-electron chi connectivity index (χ4n) is 3.68. The van der Waals surface area contributed by atoms with Crippen molar-refractivity contribution in [3.05, 3.63) is 40.9 Å². The van der Waals surface area contributed by atoms with E-state index in [0.29, 0.717) is 40.8 Å². The highest BCUT2D eigenvalue weighted by Gasteiger charge is 2.34. The van der Waals surface area contributed by atoms with Crippen molar-refractivity contribution in [3.8, 4) is 17.2 Å². The van der Waals surface area contributed by atoms with Crippen LogP contribution in [-0.4, -0.2) is 53.0 Å². The number of benzene rings is 2. The van der Waals surface area contributed by atoms with Gasteiger partial charge in [-0.25, -0.2) is 8.42 Å². The van der Waals surface area contributed by atoms with E-state index in [4.69, 9.17) is 25.8 Å². The molecule has 1 fully saturated rings. The van der Waals surface area contributed by atoms with E-state index >= 15 is 0 Å². The van der Waals surface area contributed by atoms with Crippen LogP contribution in [0.5, 0.6) is 17.2 Å². The number of piperidine rings is 1. The molecule has 0 spiro atoms. The van der Waals surface area contributed by atoms with Gasteiger partial charge in [-0.1, -0.05) is 17.7 Å². The van der Waals surface area contributed by atoms with Crippen LogP contribution in [0.15, 0.2) is 35.2 Å². The molecule has 2 aromatic rings. The van der Waals surface area contributed by atoms with Crippen LogP contribution in [0.3, 0.4) is 0 Å². The maximum atomic E-state index is 13.2. The number of ether oxygens (including phenoxy) is 3. The third kappa shape index (κ3) is 4.95. The molecule has 2 aromatic carbocycles. The van der Waals surface area contributed by atoms with Crippen molar-refractivity contribution >= 4 is 33.2 Å². The molecule has 0 radical (unpaired) electrons. The zero-order chi connectivity index (χ0) is 23.5. The van der Waals surface area contributed by atoms with Crippen LogP contribution in [-0.2, 0) is 14.8 Å². The second-order valence-corrected chi connectivity index (χ2v) is 9.82. The van der Waals surface area contributed by atoms with E-state index in [2.05, 4.69) is 5.32 Å². The van der Waals surface area contributed by atoms with Crippen molar-refractivity contribution in [1.29, 1.82) is 0 Å². The molecule has 8 nitrogen and oxygen atoms in total. The molecule has 1 amide bonds. The topological polar surface area (TPSA) is 94.2 Å². The Hall–Kier alpha value is -2.49. The van der Waals surface area contributed by atoms with Gasteiger partial charge in [-0.3, -0.25) is 4.79 Å². The zero-order valence-electron chi connectivity index (χ0n) is 18.5. The number of nitrogens with zero attached hydrogens (tertiary/aromatic N) is 1. The quantitative estimate of drug-likeness (QED) is 0.646. The predicted molar refractivity (Wildman–Crippen MR) is 122 cm³/mol. The van der Waals surface area contributed by atoms with Crippen LogP contribution in [0.1, 0.15) is 18.4 Å². The van der Waals surface area contributed by atoms with Crippen LogP contribution >= 0.6 is 11.6 Å². The maximum absolute atomic E-state index is 13.2. The van der Waals surface area contributed by atoms with Gasteiger partial charge in [0.1, 0.15) is 22.1 Å². The molecular weight excluding hydrogens is 456 g/mol. The lowest BCUT2D eigenvalue weighted by atomic mass is 9.97. The van der Waals surface area contributed by atoms with Crippen LogP contribution in [0.25, 0.3) is 0 Å². The molecule has 1 saturated heterocycles. The number of nitrogens with one attached hydrogen (secondary N) is 1. The molecule has 0 bridgehead atoms. The Kier molecular flexibility index (Phi) is 7.53. The van der Waals surface area contributed by atoms with E-state index in [1.54, 1.807) is 30.3 Å². The first-order valence-electron chi connectivity index (χ1n) is 10.1. The van der Waals surface area contributed by atoms with Crippen LogP contribution in [0, 0.1) is 12.8 Å². The predicted octanol–water partition coefficient (Wildman–Crippen LogP) is 3.71. The third-order valence-electron chi connectivity index (χ3n) is 5.49. The van der Waals surface area contributed by atoms with Gasteiger partial charge >= 0.3 is 0 Å². The first-order valence-corrected chi connectivity index (χ1v) is 11.9. The van der Waals surface area contributed by atoms with Crippen molar-refractivity contribution in [2.24, 2.45) is 5.92 Å². The van der Waals surface area contributed by atoms with Crippen molar-refractivity contribution in [1.82, 2.24) is 4.31 Å². The fourth-order valence-corrected chi connectivity index (χ4v) is 5.62. The summed E-state index contributed by atoms with van der Waals surface area (Å²) in [6.07, 6.45) is 0.790. The molecule has 1 aliphatic rings. The summed E-state index contributed by atoms with van der Waals surface area (Å²) in [5.41, 5.74) is 1.27. The van der Waals surface area contributed by atoms with Crippen molar-refractivity contribution in [2.45, 2.75) is 24.7 Å². The normalized spacial score (nSPS) is 15.3. The van der Waals surface area contributed by atoms with Gasteiger partial charge < -0.3 is 19.5 Å². The minimum atomic E-state index is -3.73. The molecule has 1 aliphatic heterocycles. The fraction of sp³-hybridized carbons (Fsp3) is 0.409. The molecule has 0 unspecified atom stereocenters. The summed E-state index contributed by atoms with van der Waals surface area (Å²) in [5, 5.41) is 3.22. The van der Waals surface area contributed by atoms with Crippen molar-refractivity contribution in [3.63, 3.8) is 0 Å². The number of methoxy groups -OCH3 is 3. The van der Waals surface area contributed by atoms with Gasteiger partial charge in [-0.15, -0.1) is 0 Å². The minimum absolute atomic E-state index is 0.140. The lowest BCUT2D eigenvalue weighted by molar-refractivity contribution is -0.120. The van der Waals surface area contributed by atoms with E-state index in [1.165, 1.54) is 25.6 Å². The number of hydrogen-bond donors (Lipinski definition) is 1. The highest BCUT2D eigenvalue weighted by atomic mass is 35.5. The monoisotopic (exact) mass is 482 g/mol. The number of halogens is 1. The molecule has 3 rings (SSSR count). The number of anilines is 1. The van der Waals surface area contributed by atoms with Gasteiger partial charge in [0.05, 0.1) is 32.0 Å². The molecule has 0 atom stereocenters.